The van der Waals surface area contributed by atoms with Gasteiger partial charge in [0.2, 0.25) is 0 Å². The van der Waals surface area contributed by atoms with Crippen molar-refractivity contribution in [2.75, 3.05) is 0 Å². The first-order chi connectivity index (χ1) is 13.6. The van der Waals surface area contributed by atoms with Gasteiger partial charge in [-0.25, -0.2) is 0 Å². The van der Waals surface area contributed by atoms with Gasteiger partial charge in [0.1, 0.15) is 0 Å². The molecule has 30 heavy (non-hydrogen) atoms. The molecule has 0 aliphatic carbocycles. The van der Waals surface area contributed by atoms with Crippen LogP contribution in [0.25, 0.3) is 0 Å². The molecule has 0 spiro atoms. The molecule has 0 unspecified atom stereocenters. The maximum atomic E-state index is 13.2. The molecule has 0 atom stereocenters. The Morgan fingerprint density at radius 2 is 1.63 bits per heavy atom. The molecule has 0 aromatic heterocycles. The fraction of sp³-hybridized carbons (Fsp3) is 0.125. The number of nitrogens with two attached hydrogens (primary N) is 1. The first-order valence-electron chi connectivity index (χ1n) is 7.57. The Kier molecular flexibility index (Phi) is 6.66. The standard InChI is InChI=1S/C16H10F6N3O3SSe/c17-15(18,19)8-4-5-11(12(6-8)16(20,21)22)13(26)25-14(30)24-9-2-1-3-10(7-9)29(23,27)28/h1-7H,(H2,23,27,28)(H,24,25,26). The van der Waals surface area contributed by atoms with Crippen LogP contribution in [0.15, 0.2) is 52.4 Å². The Morgan fingerprint density at radius 1 is 1.00 bits per heavy atom. The summed E-state index contributed by atoms with van der Waals surface area (Å²) in [6.45, 7) is 0. The molecule has 0 saturated heterocycles. The van der Waals surface area contributed by atoms with Gasteiger partial charge in [-0.3, -0.25) is 0 Å². The van der Waals surface area contributed by atoms with Gasteiger partial charge in [-0.2, -0.15) is 0 Å². The number of nitrogens with zero attached hydrogens (tertiary/aromatic N) is 1. The van der Waals surface area contributed by atoms with E-state index < -0.39 is 45.0 Å². The summed E-state index contributed by atoms with van der Waals surface area (Å²) in [5.74, 6) is -1.38. The molecule has 0 heterocycles. The number of aliphatic imine (C=N–C) groups is 1. The fourth-order valence-electron chi connectivity index (χ4n) is 2.19. The van der Waals surface area contributed by atoms with E-state index in [0.29, 0.717) is 12.1 Å². The third-order valence-electron chi connectivity index (χ3n) is 3.49. The third kappa shape index (κ3) is 6.05. The van der Waals surface area contributed by atoms with Gasteiger partial charge in [0.05, 0.1) is 0 Å². The number of benzene rings is 2. The molecule has 0 fully saturated rings. The van der Waals surface area contributed by atoms with Crippen molar-refractivity contribution >= 4 is 42.4 Å². The van der Waals surface area contributed by atoms with E-state index in [1.54, 1.807) is 0 Å². The van der Waals surface area contributed by atoms with Crippen LogP contribution in [-0.2, 0) is 22.4 Å². The molecule has 3 N–H and O–H groups in total. The van der Waals surface area contributed by atoms with Gasteiger partial charge >= 0.3 is 174 Å². The van der Waals surface area contributed by atoms with Crippen LogP contribution in [0, 0.1) is 0 Å². The number of carbonyl (C=O) groups excluding carboxylic acids is 1. The Balaban J connectivity index is 2.37. The van der Waals surface area contributed by atoms with Gasteiger partial charge in [0, 0.05) is 0 Å². The average Bonchev–Trinajstić information content (AvgIpc) is 2.59. The van der Waals surface area contributed by atoms with Crippen LogP contribution in [0.1, 0.15) is 21.5 Å². The van der Waals surface area contributed by atoms with E-state index in [9.17, 15) is 39.6 Å². The summed E-state index contributed by atoms with van der Waals surface area (Å²) in [5.41, 5.74) is -4.42. The monoisotopic (exact) mass is 518 g/mol. The van der Waals surface area contributed by atoms with Crippen molar-refractivity contribution in [1.82, 2.24) is 5.32 Å². The van der Waals surface area contributed by atoms with Crippen LogP contribution in [0.2, 0.25) is 0 Å². The maximum absolute atomic E-state index is 13.2. The first-order valence-corrected chi connectivity index (χ1v) is 9.97. The van der Waals surface area contributed by atoms with Gasteiger partial charge in [-0.1, -0.05) is 0 Å². The quantitative estimate of drug-likeness (QED) is 0.283. The van der Waals surface area contributed by atoms with Crippen molar-refractivity contribution < 1.29 is 39.6 Å². The Labute approximate surface area is 174 Å². The predicted octanol–water partition coefficient (Wildman–Crippen LogP) is 2.96. The molecule has 1 amide bonds. The number of sulfonamides is 1. The number of hydrogen-bond donors (Lipinski definition) is 2. The van der Waals surface area contributed by atoms with Crippen molar-refractivity contribution in [2.45, 2.75) is 17.2 Å². The summed E-state index contributed by atoms with van der Waals surface area (Å²) < 4.78 is 99.9. The van der Waals surface area contributed by atoms with Gasteiger partial charge in [-0.05, 0) is 0 Å². The van der Waals surface area contributed by atoms with E-state index in [2.05, 4.69) is 21.0 Å². The molecule has 14 heteroatoms. The van der Waals surface area contributed by atoms with Crippen LogP contribution < -0.4 is 10.5 Å². The van der Waals surface area contributed by atoms with Crippen LogP contribution in [0.5, 0.6) is 0 Å². The molecular weight excluding hydrogens is 507 g/mol. The summed E-state index contributed by atoms with van der Waals surface area (Å²) >= 11 is 2.25. The topological polar surface area (TPSA) is 102 Å². The number of primary sulfonamides is 1. The van der Waals surface area contributed by atoms with Crippen LogP contribution in [0.4, 0.5) is 32.0 Å². The van der Waals surface area contributed by atoms with Gasteiger partial charge in [0.25, 0.3) is 0 Å². The van der Waals surface area contributed by atoms with E-state index in [4.69, 9.17) is 5.14 Å². The van der Waals surface area contributed by atoms with Crippen LogP contribution in [0.3, 0.4) is 0 Å². The van der Waals surface area contributed by atoms with Crippen molar-refractivity contribution in [1.29, 1.82) is 0 Å². The summed E-state index contributed by atoms with van der Waals surface area (Å²) in [7, 11) is -4.05. The minimum absolute atomic E-state index is 0.0148. The average molecular weight is 517 g/mol. The normalized spacial score (nSPS) is 13.2. The van der Waals surface area contributed by atoms with Crippen molar-refractivity contribution in [3.8, 4) is 0 Å². The predicted molar refractivity (Wildman–Crippen MR) is 94.6 cm³/mol. The molecule has 2 aromatic carbocycles. The second-order valence-electron chi connectivity index (χ2n) is 5.67. The fourth-order valence-corrected chi connectivity index (χ4v) is 3.16. The van der Waals surface area contributed by atoms with Crippen LogP contribution >= 0.6 is 0 Å². The SMILES string of the molecule is NS(=O)(=O)c1cccc(N=C([Se])NC(=O)c2ccc(C(F)(F)F)cc2C(F)(F)F)c1. The van der Waals surface area contributed by atoms with E-state index in [1.165, 1.54) is 18.2 Å². The zero-order valence-corrected chi connectivity index (χ0v) is 16.9. The summed E-state index contributed by atoms with van der Waals surface area (Å²) in [6.07, 6.45) is -10.3. The number of alkyl halides is 6. The second-order valence-corrected chi connectivity index (χ2v) is 8.04. The van der Waals surface area contributed by atoms with Crippen molar-refractivity contribution in [2.24, 2.45) is 10.1 Å². The molecule has 2 aromatic rings. The molecule has 161 valence electrons. The van der Waals surface area contributed by atoms with Crippen molar-refractivity contribution in [3.63, 3.8) is 0 Å². The third-order valence-corrected chi connectivity index (χ3v) is 4.81. The number of rotatable bonds is 3. The number of amides is 1. The summed E-state index contributed by atoms with van der Waals surface area (Å²) in [6, 6.07) is 5.39. The number of hydrogen-bond acceptors (Lipinski definition) is 4. The number of amidine groups is 1. The Bertz CT molecular complexity index is 1110. The first kappa shape index (κ1) is 23.9. The minimum atomic E-state index is -5.23. The van der Waals surface area contributed by atoms with E-state index in [1.807, 2.05) is 5.32 Å². The van der Waals surface area contributed by atoms with Crippen LogP contribution in [-0.4, -0.2) is 35.1 Å². The molecule has 0 aliphatic heterocycles. The number of nitrogens with one attached hydrogen (secondary N) is 1. The molecule has 2 rings (SSSR count). The summed E-state index contributed by atoms with van der Waals surface area (Å²) in [4.78, 5) is 15.7. The number of carbonyl (C=O) groups is 1. The second kappa shape index (κ2) is 8.38. The zero-order valence-electron chi connectivity index (χ0n) is 14.4. The zero-order chi connectivity index (χ0) is 22.9. The molecule has 1 radical (unpaired) electrons. The van der Waals surface area contributed by atoms with Crippen molar-refractivity contribution in [3.05, 3.63) is 59.2 Å². The van der Waals surface area contributed by atoms with E-state index in [-0.39, 0.29) is 21.4 Å². The molecule has 6 nitrogen and oxygen atoms in total. The molecule has 0 bridgehead atoms. The van der Waals surface area contributed by atoms with Gasteiger partial charge in [-0.15, -0.1) is 0 Å². The Morgan fingerprint density at radius 3 is 2.17 bits per heavy atom. The molecular formula is C16H10F6N3O3SSe. The van der Waals surface area contributed by atoms with Gasteiger partial charge in [0.15, 0.2) is 0 Å². The summed E-state index contributed by atoms with van der Waals surface area (Å²) in [5, 5.41) is 6.94. The molecule has 0 aliphatic rings. The Hall–Kier alpha value is -2.41. The van der Waals surface area contributed by atoms with E-state index >= 15 is 0 Å². The van der Waals surface area contributed by atoms with Gasteiger partial charge < -0.3 is 0 Å². The molecule has 0 saturated carbocycles. The van der Waals surface area contributed by atoms with E-state index in [0.717, 1.165) is 6.07 Å². The number of halogens is 6.